The van der Waals surface area contributed by atoms with Gasteiger partial charge in [-0.3, -0.25) is 4.79 Å². The van der Waals surface area contributed by atoms with Crippen LogP contribution in [0.5, 0.6) is 0 Å². The minimum atomic E-state index is -0.113. The van der Waals surface area contributed by atoms with Crippen LogP contribution in [0.2, 0.25) is 0 Å². The molecular weight excluding hydrogens is 266 g/mol. The summed E-state index contributed by atoms with van der Waals surface area (Å²) >= 11 is 0. The number of carbonyl (C=O) groups is 1. The lowest BCUT2D eigenvalue weighted by molar-refractivity contribution is -0.116. The Labute approximate surface area is 124 Å². The molecule has 3 N–H and O–H groups in total. The quantitative estimate of drug-likeness (QED) is 0.843. The molecular formula is C15H21N5O. The third kappa shape index (κ3) is 3.88. The van der Waals surface area contributed by atoms with Gasteiger partial charge in [-0.05, 0) is 17.7 Å². The number of carbonyl (C=O) groups excluding carboxylic acids is 1. The molecule has 2 aromatic rings. The summed E-state index contributed by atoms with van der Waals surface area (Å²) in [5, 5.41) is 7.19. The number of nitrogens with one attached hydrogen (secondary N) is 1. The van der Waals surface area contributed by atoms with Crippen LogP contribution in [0.1, 0.15) is 31.1 Å². The fraction of sp³-hybridized carbons (Fsp3) is 0.400. The average molecular weight is 287 g/mol. The topological polar surface area (TPSA) is 85.8 Å². The van der Waals surface area contributed by atoms with Gasteiger partial charge in [-0.25, -0.2) is 9.67 Å². The summed E-state index contributed by atoms with van der Waals surface area (Å²) in [6.45, 7) is 4.67. The second-order valence-corrected chi connectivity index (χ2v) is 4.76. The minimum Gasteiger partial charge on any atom is -0.326 e. The molecule has 0 bridgehead atoms. The third-order valence-corrected chi connectivity index (χ3v) is 3.19. The predicted molar refractivity (Wildman–Crippen MR) is 81.7 cm³/mol. The maximum Gasteiger partial charge on any atom is 0.246 e. The van der Waals surface area contributed by atoms with E-state index in [1.807, 2.05) is 38.1 Å². The molecule has 0 unspecified atom stereocenters. The van der Waals surface area contributed by atoms with E-state index in [1.54, 1.807) is 4.68 Å². The lowest BCUT2D eigenvalue weighted by Crippen LogP contribution is -2.21. The molecule has 2 rings (SSSR count). The van der Waals surface area contributed by atoms with Crippen LogP contribution >= 0.6 is 0 Å². The molecule has 0 saturated carbocycles. The normalized spacial score (nSPS) is 10.6. The second-order valence-electron chi connectivity index (χ2n) is 4.76. The lowest BCUT2D eigenvalue weighted by Gasteiger charge is -2.07. The first-order chi connectivity index (χ1) is 10.2. The summed E-state index contributed by atoms with van der Waals surface area (Å²) in [7, 11) is 0. The van der Waals surface area contributed by atoms with Gasteiger partial charge >= 0.3 is 0 Å². The fourth-order valence-electron chi connectivity index (χ4n) is 2.02. The first kappa shape index (κ1) is 15.2. The molecule has 0 fully saturated rings. The smallest absolute Gasteiger partial charge is 0.246 e. The van der Waals surface area contributed by atoms with E-state index in [0.717, 1.165) is 35.7 Å². The average Bonchev–Trinajstić information content (AvgIpc) is 2.90. The molecule has 0 spiro atoms. The Morgan fingerprint density at radius 3 is 2.52 bits per heavy atom. The molecule has 1 amide bonds. The van der Waals surface area contributed by atoms with Gasteiger partial charge in [-0.2, -0.15) is 5.10 Å². The molecule has 6 nitrogen and oxygen atoms in total. The zero-order valence-corrected chi connectivity index (χ0v) is 12.5. The van der Waals surface area contributed by atoms with Gasteiger partial charge < -0.3 is 11.1 Å². The summed E-state index contributed by atoms with van der Waals surface area (Å²) in [5.41, 5.74) is 7.33. The Balaban J connectivity index is 2.02. The Kier molecular flexibility index (Phi) is 5.05. The predicted octanol–water partition coefficient (Wildman–Crippen LogP) is 1.50. The number of hydrogen-bond acceptors (Lipinski definition) is 4. The van der Waals surface area contributed by atoms with Crippen molar-refractivity contribution in [3.8, 4) is 0 Å². The van der Waals surface area contributed by atoms with Gasteiger partial charge in [0, 0.05) is 25.1 Å². The van der Waals surface area contributed by atoms with Crippen molar-refractivity contribution >= 4 is 11.6 Å². The number of anilines is 1. The van der Waals surface area contributed by atoms with Gasteiger partial charge in [-0.15, -0.1) is 0 Å². The van der Waals surface area contributed by atoms with E-state index in [4.69, 9.17) is 5.73 Å². The van der Waals surface area contributed by atoms with Crippen LogP contribution in [0, 0.1) is 0 Å². The molecule has 112 valence electrons. The molecule has 0 aliphatic heterocycles. The number of nitrogens with two attached hydrogens (primary N) is 1. The molecule has 1 heterocycles. The number of nitrogens with zero attached hydrogens (tertiary/aromatic N) is 3. The van der Waals surface area contributed by atoms with Crippen molar-refractivity contribution < 1.29 is 4.79 Å². The van der Waals surface area contributed by atoms with E-state index in [2.05, 4.69) is 15.4 Å². The van der Waals surface area contributed by atoms with Gasteiger partial charge in [0.15, 0.2) is 5.82 Å². The van der Waals surface area contributed by atoms with E-state index >= 15 is 0 Å². The highest BCUT2D eigenvalue weighted by molar-refractivity contribution is 5.90. The minimum absolute atomic E-state index is 0.113. The highest BCUT2D eigenvalue weighted by Gasteiger charge is 2.11. The van der Waals surface area contributed by atoms with E-state index in [1.165, 1.54) is 0 Å². The Morgan fingerprint density at radius 1 is 1.24 bits per heavy atom. The van der Waals surface area contributed by atoms with Crippen LogP contribution < -0.4 is 11.1 Å². The molecule has 0 aliphatic rings. The maximum absolute atomic E-state index is 12.1. The van der Waals surface area contributed by atoms with Crippen LogP contribution in [-0.4, -0.2) is 20.7 Å². The maximum atomic E-state index is 12.1. The number of aromatic nitrogens is 3. The monoisotopic (exact) mass is 287 g/mol. The van der Waals surface area contributed by atoms with Gasteiger partial charge in [0.1, 0.15) is 12.4 Å². The van der Waals surface area contributed by atoms with Crippen LogP contribution in [-0.2, 0) is 30.7 Å². The molecule has 6 heteroatoms. The van der Waals surface area contributed by atoms with Crippen LogP contribution in [0.15, 0.2) is 24.3 Å². The molecule has 0 atom stereocenters. The summed E-state index contributed by atoms with van der Waals surface area (Å²) in [6, 6.07) is 7.49. The van der Waals surface area contributed by atoms with Crippen molar-refractivity contribution in [1.82, 2.24) is 14.8 Å². The molecule has 0 saturated heterocycles. The zero-order valence-electron chi connectivity index (χ0n) is 12.5. The SMILES string of the molecule is CCc1nc(CC)n(CC(=O)Nc2ccc(CN)cc2)n1. The highest BCUT2D eigenvalue weighted by atomic mass is 16.2. The summed E-state index contributed by atoms with van der Waals surface area (Å²) in [6.07, 6.45) is 1.52. The first-order valence-electron chi connectivity index (χ1n) is 7.17. The molecule has 21 heavy (non-hydrogen) atoms. The number of aryl methyl sites for hydroxylation is 2. The van der Waals surface area contributed by atoms with E-state index < -0.39 is 0 Å². The number of amides is 1. The number of benzene rings is 1. The molecule has 1 aromatic heterocycles. The number of rotatable bonds is 6. The van der Waals surface area contributed by atoms with Gasteiger partial charge in [0.05, 0.1) is 0 Å². The highest BCUT2D eigenvalue weighted by Crippen LogP contribution is 2.09. The molecule has 0 radical (unpaired) electrons. The first-order valence-corrected chi connectivity index (χ1v) is 7.17. The van der Waals surface area contributed by atoms with Crippen molar-refractivity contribution in [2.45, 2.75) is 39.8 Å². The fourth-order valence-corrected chi connectivity index (χ4v) is 2.02. The van der Waals surface area contributed by atoms with E-state index in [0.29, 0.717) is 6.54 Å². The Bertz CT molecular complexity index is 603. The van der Waals surface area contributed by atoms with Crippen molar-refractivity contribution in [1.29, 1.82) is 0 Å². The van der Waals surface area contributed by atoms with Crippen molar-refractivity contribution in [3.05, 3.63) is 41.5 Å². The third-order valence-electron chi connectivity index (χ3n) is 3.19. The van der Waals surface area contributed by atoms with Gasteiger partial charge in [-0.1, -0.05) is 26.0 Å². The number of hydrogen-bond donors (Lipinski definition) is 2. The lowest BCUT2D eigenvalue weighted by atomic mass is 10.2. The van der Waals surface area contributed by atoms with Crippen LogP contribution in [0.25, 0.3) is 0 Å². The van der Waals surface area contributed by atoms with E-state index in [-0.39, 0.29) is 12.5 Å². The van der Waals surface area contributed by atoms with Gasteiger partial charge in [0.25, 0.3) is 0 Å². The van der Waals surface area contributed by atoms with Crippen LogP contribution in [0.4, 0.5) is 5.69 Å². The second kappa shape index (κ2) is 6.99. The Morgan fingerprint density at radius 2 is 1.95 bits per heavy atom. The van der Waals surface area contributed by atoms with Crippen molar-refractivity contribution in [2.24, 2.45) is 5.73 Å². The zero-order chi connectivity index (χ0) is 15.2. The standard InChI is InChI=1S/C15H21N5O/c1-3-13-18-14(4-2)20(19-13)10-15(21)17-12-7-5-11(9-16)6-8-12/h5-8H,3-4,9-10,16H2,1-2H3,(H,17,21). The molecule has 1 aromatic carbocycles. The molecule has 0 aliphatic carbocycles. The summed E-state index contributed by atoms with van der Waals surface area (Å²) < 4.78 is 1.67. The largest absolute Gasteiger partial charge is 0.326 e. The van der Waals surface area contributed by atoms with Crippen LogP contribution in [0.3, 0.4) is 0 Å². The summed E-state index contributed by atoms with van der Waals surface area (Å²) in [5.74, 6) is 1.49. The van der Waals surface area contributed by atoms with Crippen molar-refractivity contribution in [3.63, 3.8) is 0 Å². The summed E-state index contributed by atoms with van der Waals surface area (Å²) in [4.78, 5) is 16.5. The van der Waals surface area contributed by atoms with E-state index in [9.17, 15) is 4.79 Å². The van der Waals surface area contributed by atoms with Gasteiger partial charge in [0.2, 0.25) is 5.91 Å². The Hall–Kier alpha value is -2.21. The van der Waals surface area contributed by atoms with Crippen molar-refractivity contribution in [2.75, 3.05) is 5.32 Å².